The first-order valence-corrected chi connectivity index (χ1v) is 9.95. The first kappa shape index (κ1) is 19.3. The molecule has 5 nitrogen and oxygen atoms in total. The van der Waals surface area contributed by atoms with E-state index in [1.807, 2.05) is 0 Å². The maximum Gasteiger partial charge on any atom is 0.573 e. The number of nitrogens with one attached hydrogen (secondary N) is 1. The van der Waals surface area contributed by atoms with Crippen LogP contribution in [0.25, 0.3) is 0 Å². The molecular formula is C18H19F3N2O3S. The van der Waals surface area contributed by atoms with Gasteiger partial charge in [-0.25, -0.2) is 8.42 Å². The van der Waals surface area contributed by atoms with Gasteiger partial charge >= 0.3 is 6.36 Å². The number of halogens is 3. The molecule has 0 aliphatic carbocycles. The van der Waals surface area contributed by atoms with E-state index in [4.69, 9.17) is 0 Å². The number of alkyl halides is 3. The van der Waals surface area contributed by atoms with Crippen molar-refractivity contribution >= 4 is 21.4 Å². The Balaban J connectivity index is 1.79. The molecule has 1 heterocycles. The Morgan fingerprint density at radius 1 is 0.926 bits per heavy atom. The molecule has 0 spiro atoms. The van der Waals surface area contributed by atoms with Gasteiger partial charge in [0.25, 0.3) is 10.0 Å². The van der Waals surface area contributed by atoms with Gasteiger partial charge in [0.1, 0.15) is 10.6 Å². The Bertz CT molecular complexity index is 877. The van der Waals surface area contributed by atoms with E-state index >= 15 is 0 Å². The van der Waals surface area contributed by atoms with E-state index in [1.165, 1.54) is 18.6 Å². The number of hydrogen-bond acceptors (Lipinski definition) is 4. The molecule has 0 saturated carbocycles. The Morgan fingerprint density at radius 3 is 2.19 bits per heavy atom. The number of rotatable bonds is 5. The number of para-hydroxylation sites is 1. The van der Waals surface area contributed by atoms with Crippen LogP contribution in [0.2, 0.25) is 0 Å². The van der Waals surface area contributed by atoms with Gasteiger partial charge in [-0.05, 0) is 55.7 Å². The van der Waals surface area contributed by atoms with Gasteiger partial charge in [0.05, 0.1) is 0 Å². The number of piperidine rings is 1. The van der Waals surface area contributed by atoms with Crippen molar-refractivity contribution in [1.82, 2.24) is 0 Å². The van der Waals surface area contributed by atoms with Crippen molar-refractivity contribution in [3.63, 3.8) is 0 Å². The summed E-state index contributed by atoms with van der Waals surface area (Å²) in [5, 5.41) is 0. The van der Waals surface area contributed by atoms with E-state index in [9.17, 15) is 21.6 Å². The average molecular weight is 400 g/mol. The normalized spacial score (nSPS) is 15.4. The summed E-state index contributed by atoms with van der Waals surface area (Å²) >= 11 is 0. The quantitative estimate of drug-likeness (QED) is 0.810. The van der Waals surface area contributed by atoms with E-state index in [1.54, 1.807) is 24.3 Å². The zero-order valence-electron chi connectivity index (χ0n) is 14.4. The lowest BCUT2D eigenvalue weighted by Crippen LogP contribution is -2.29. The zero-order valence-corrected chi connectivity index (χ0v) is 15.2. The predicted octanol–water partition coefficient (Wildman–Crippen LogP) is 4.38. The molecule has 146 valence electrons. The highest BCUT2D eigenvalue weighted by molar-refractivity contribution is 7.92. The van der Waals surface area contributed by atoms with Gasteiger partial charge in [-0.15, -0.1) is 13.2 Å². The second-order valence-electron chi connectivity index (χ2n) is 6.19. The molecule has 2 aromatic carbocycles. The highest BCUT2D eigenvalue weighted by atomic mass is 32.2. The van der Waals surface area contributed by atoms with Crippen LogP contribution >= 0.6 is 0 Å². The van der Waals surface area contributed by atoms with Crippen LogP contribution in [-0.4, -0.2) is 27.9 Å². The molecule has 0 bridgehead atoms. The van der Waals surface area contributed by atoms with E-state index in [-0.39, 0.29) is 5.69 Å². The van der Waals surface area contributed by atoms with Crippen molar-refractivity contribution in [2.24, 2.45) is 0 Å². The van der Waals surface area contributed by atoms with Crippen LogP contribution < -0.4 is 14.4 Å². The van der Waals surface area contributed by atoms with Gasteiger partial charge in [0, 0.05) is 24.5 Å². The highest BCUT2D eigenvalue weighted by Crippen LogP contribution is 2.31. The monoisotopic (exact) mass is 400 g/mol. The van der Waals surface area contributed by atoms with Crippen molar-refractivity contribution in [3.05, 3.63) is 48.5 Å². The fourth-order valence-electron chi connectivity index (χ4n) is 2.98. The number of hydrogen-bond donors (Lipinski definition) is 1. The molecule has 0 atom stereocenters. The molecular weight excluding hydrogens is 381 g/mol. The molecule has 1 N–H and O–H groups in total. The Hall–Kier alpha value is -2.42. The standard InChI is InChI=1S/C18H19F3N2O3S/c19-18(20,21)26-16-6-2-3-7-17(16)27(24,25)22-14-8-10-15(11-9-14)23-12-4-1-5-13-23/h2-3,6-11,22H,1,4-5,12-13H2. The van der Waals surface area contributed by atoms with E-state index in [0.29, 0.717) is 0 Å². The third-order valence-corrected chi connectivity index (χ3v) is 5.63. The number of anilines is 2. The molecule has 9 heteroatoms. The Morgan fingerprint density at radius 2 is 1.56 bits per heavy atom. The summed E-state index contributed by atoms with van der Waals surface area (Å²) in [6, 6.07) is 11.4. The second kappa shape index (κ2) is 7.67. The molecule has 3 rings (SSSR count). The van der Waals surface area contributed by atoms with Crippen molar-refractivity contribution in [3.8, 4) is 5.75 Å². The third kappa shape index (κ3) is 5.06. The number of nitrogens with zero attached hydrogens (tertiary/aromatic N) is 1. The molecule has 0 amide bonds. The van der Waals surface area contributed by atoms with E-state index in [0.717, 1.165) is 43.8 Å². The van der Waals surface area contributed by atoms with Crippen molar-refractivity contribution < 1.29 is 26.3 Å². The largest absolute Gasteiger partial charge is 0.573 e. The van der Waals surface area contributed by atoms with Crippen LogP contribution in [0.5, 0.6) is 5.75 Å². The SMILES string of the molecule is O=S(=O)(Nc1ccc(N2CCCCC2)cc1)c1ccccc1OC(F)(F)F. The molecule has 1 aliphatic heterocycles. The highest BCUT2D eigenvalue weighted by Gasteiger charge is 2.34. The van der Waals surface area contributed by atoms with Crippen LogP contribution in [0, 0.1) is 0 Å². The summed E-state index contributed by atoms with van der Waals surface area (Å²) in [6.45, 7) is 1.90. The summed E-state index contributed by atoms with van der Waals surface area (Å²) in [7, 11) is -4.24. The molecule has 1 fully saturated rings. The summed E-state index contributed by atoms with van der Waals surface area (Å²) in [6.07, 6.45) is -1.55. The predicted molar refractivity (Wildman–Crippen MR) is 96.4 cm³/mol. The topological polar surface area (TPSA) is 58.6 Å². The van der Waals surface area contributed by atoms with Crippen LogP contribution in [0.1, 0.15) is 19.3 Å². The first-order chi connectivity index (χ1) is 12.7. The average Bonchev–Trinajstić information content (AvgIpc) is 2.62. The molecule has 0 radical (unpaired) electrons. The van der Waals surface area contributed by atoms with Crippen molar-refractivity contribution in [2.45, 2.75) is 30.5 Å². The molecule has 2 aromatic rings. The maximum atomic E-state index is 12.5. The summed E-state index contributed by atoms with van der Waals surface area (Å²) in [5.74, 6) is -0.776. The molecule has 27 heavy (non-hydrogen) atoms. The first-order valence-electron chi connectivity index (χ1n) is 8.47. The third-order valence-electron chi connectivity index (χ3n) is 4.21. The van der Waals surface area contributed by atoms with E-state index in [2.05, 4.69) is 14.4 Å². The Kier molecular flexibility index (Phi) is 5.50. The van der Waals surface area contributed by atoms with Crippen LogP contribution in [-0.2, 0) is 10.0 Å². The van der Waals surface area contributed by atoms with Gasteiger partial charge in [-0.2, -0.15) is 0 Å². The lowest BCUT2D eigenvalue weighted by Gasteiger charge is -2.28. The minimum Gasteiger partial charge on any atom is -0.404 e. The van der Waals surface area contributed by atoms with Gasteiger partial charge in [0.15, 0.2) is 0 Å². The second-order valence-corrected chi connectivity index (χ2v) is 7.85. The van der Waals surface area contributed by atoms with E-state index < -0.39 is 27.0 Å². The lowest BCUT2D eigenvalue weighted by atomic mass is 10.1. The van der Waals surface area contributed by atoms with Gasteiger partial charge in [-0.3, -0.25) is 4.72 Å². The summed E-state index contributed by atoms with van der Waals surface area (Å²) < 4.78 is 68.7. The molecule has 1 saturated heterocycles. The smallest absolute Gasteiger partial charge is 0.404 e. The molecule has 1 aliphatic rings. The van der Waals surface area contributed by atoms with Crippen molar-refractivity contribution in [2.75, 3.05) is 22.7 Å². The minimum atomic E-state index is -4.98. The van der Waals surface area contributed by atoms with Gasteiger partial charge < -0.3 is 9.64 Å². The van der Waals surface area contributed by atoms with Crippen LogP contribution in [0.3, 0.4) is 0 Å². The maximum absolute atomic E-state index is 12.5. The minimum absolute atomic E-state index is 0.262. The number of ether oxygens (including phenoxy) is 1. The fraction of sp³-hybridized carbons (Fsp3) is 0.333. The van der Waals surface area contributed by atoms with Crippen LogP contribution in [0.4, 0.5) is 24.5 Å². The zero-order chi connectivity index (χ0) is 19.5. The van der Waals surface area contributed by atoms with Crippen molar-refractivity contribution in [1.29, 1.82) is 0 Å². The number of sulfonamides is 1. The van der Waals surface area contributed by atoms with Crippen LogP contribution in [0.15, 0.2) is 53.4 Å². The summed E-state index contributed by atoms with van der Waals surface area (Å²) in [5.41, 5.74) is 1.25. The number of benzene rings is 2. The van der Waals surface area contributed by atoms with Gasteiger partial charge in [0.2, 0.25) is 0 Å². The Labute approximate surface area is 155 Å². The molecule has 0 unspecified atom stereocenters. The van der Waals surface area contributed by atoms with Gasteiger partial charge in [-0.1, -0.05) is 12.1 Å². The summed E-state index contributed by atoms with van der Waals surface area (Å²) in [4.78, 5) is 1.64. The fourth-order valence-corrected chi connectivity index (χ4v) is 4.17. The molecule has 0 aromatic heterocycles. The lowest BCUT2D eigenvalue weighted by molar-refractivity contribution is -0.275.